The molecule has 0 saturated heterocycles. The summed E-state index contributed by atoms with van der Waals surface area (Å²) in [6.45, 7) is 4.80. The molecule has 22 heavy (non-hydrogen) atoms. The molecule has 0 spiro atoms. The normalized spacial score (nSPS) is 11.5. The molecule has 0 aliphatic carbocycles. The molecule has 0 heterocycles. The first-order valence-electron chi connectivity index (χ1n) is 6.54. The lowest BCUT2D eigenvalue weighted by atomic mass is 10.3. The first kappa shape index (κ1) is 18.2. The topological polar surface area (TPSA) is 66.5 Å². The van der Waals surface area contributed by atoms with Gasteiger partial charge in [-0.15, -0.1) is 6.58 Å². The van der Waals surface area contributed by atoms with Crippen LogP contribution in [0.15, 0.2) is 29.7 Å². The molecule has 0 radical (unpaired) electrons. The van der Waals surface area contributed by atoms with Crippen molar-refractivity contribution in [2.24, 2.45) is 0 Å². The van der Waals surface area contributed by atoms with E-state index in [0.29, 0.717) is 12.8 Å². The van der Waals surface area contributed by atoms with E-state index >= 15 is 0 Å². The molecule has 0 aliphatic heterocycles. The number of benzene rings is 1. The number of halogens is 2. The fourth-order valence-electron chi connectivity index (χ4n) is 1.82. The lowest BCUT2D eigenvalue weighted by Gasteiger charge is -2.18. The molecular formula is C14H18F2N2O3S. The SMILES string of the molecule is C=CCCCN(C)S(=O)(=O)c1c(F)cc(NC(C)=O)cc1F. The monoisotopic (exact) mass is 332 g/mol. The summed E-state index contributed by atoms with van der Waals surface area (Å²) in [5.41, 5.74) is -0.143. The molecule has 0 fully saturated rings. The van der Waals surface area contributed by atoms with Crippen molar-refractivity contribution in [3.8, 4) is 0 Å². The van der Waals surface area contributed by atoms with E-state index < -0.39 is 32.5 Å². The van der Waals surface area contributed by atoms with E-state index in [1.54, 1.807) is 6.08 Å². The van der Waals surface area contributed by atoms with Crippen molar-refractivity contribution in [1.82, 2.24) is 4.31 Å². The molecule has 1 aromatic rings. The van der Waals surface area contributed by atoms with Crippen molar-refractivity contribution in [2.45, 2.75) is 24.7 Å². The van der Waals surface area contributed by atoms with Crippen LogP contribution in [0.4, 0.5) is 14.5 Å². The van der Waals surface area contributed by atoms with Crippen molar-refractivity contribution in [3.05, 3.63) is 36.4 Å². The van der Waals surface area contributed by atoms with Crippen molar-refractivity contribution in [3.63, 3.8) is 0 Å². The number of carbonyl (C=O) groups is 1. The Morgan fingerprint density at radius 3 is 2.36 bits per heavy atom. The Balaban J connectivity index is 3.14. The van der Waals surface area contributed by atoms with Crippen LogP contribution in [0.25, 0.3) is 0 Å². The average molecular weight is 332 g/mol. The third-order valence-corrected chi connectivity index (χ3v) is 4.78. The Morgan fingerprint density at radius 1 is 1.36 bits per heavy atom. The maximum Gasteiger partial charge on any atom is 0.248 e. The van der Waals surface area contributed by atoms with Gasteiger partial charge in [-0.05, 0) is 25.0 Å². The Morgan fingerprint density at radius 2 is 1.91 bits per heavy atom. The Labute approximate surface area is 128 Å². The lowest BCUT2D eigenvalue weighted by molar-refractivity contribution is -0.114. The van der Waals surface area contributed by atoms with E-state index in [9.17, 15) is 22.0 Å². The van der Waals surface area contributed by atoms with E-state index in [1.807, 2.05) is 0 Å². The third kappa shape index (κ3) is 4.35. The second-order valence-corrected chi connectivity index (χ2v) is 6.69. The second kappa shape index (κ2) is 7.46. The Hall–Kier alpha value is -1.80. The number of allylic oxidation sites excluding steroid dienone is 1. The minimum absolute atomic E-state index is 0.112. The number of unbranched alkanes of at least 4 members (excludes halogenated alkanes) is 1. The predicted octanol–water partition coefficient (Wildman–Crippen LogP) is 2.51. The zero-order valence-corrected chi connectivity index (χ0v) is 13.2. The maximum atomic E-state index is 14.0. The largest absolute Gasteiger partial charge is 0.326 e. The van der Waals surface area contributed by atoms with Gasteiger partial charge in [0.1, 0.15) is 11.6 Å². The first-order valence-corrected chi connectivity index (χ1v) is 7.98. The molecule has 122 valence electrons. The van der Waals surface area contributed by atoms with Crippen LogP contribution in [0.2, 0.25) is 0 Å². The maximum absolute atomic E-state index is 14.0. The van der Waals surface area contributed by atoms with E-state index in [-0.39, 0.29) is 12.2 Å². The van der Waals surface area contributed by atoms with Gasteiger partial charge in [0, 0.05) is 26.2 Å². The zero-order valence-electron chi connectivity index (χ0n) is 12.4. The van der Waals surface area contributed by atoms with Gasteiger partial charge in [0.15, 0.2) is 4.90 Å². The van der Waals surface area contributed by atoms with Crippen molar-refractivity contribution < 1.29 is 22.0 Å². The summed E-state index contributed by atoms with van der Waals surface area (Å²) in [6, 6.07) is 1.55. The quantitative estimate of drug-likeness (QED) is 0.616. The summed E-state index contributed by atoms with van der Waals surface area (Å²) < 4.78 is 53.3. The smallest absolute Gasteiger partial charge is 0.248 e. The van der Waals surface area contributed by atoms with Crippen LogP contribution in [0, 0.1) is 11.6 Å². The molecule has 1 amide bonds. The highest BCUT2D eigenvalue weighted by Crippen LogP contribution is 2.25. The van der Waals surface area contributed by atoms with Crippen molar-refractivity contribution in [1.29, 1.82) is 0 Å². The molecule has 0 aromatic heterocycles. The van der Waals surface area contributed by atoms with Crippen molar-refractivity contribution >= 4 is 21.6 Å². The van der Waals surface area contributed by atoms with Gasteiger partial charge in [-0.3, -0.25) is 4.79 Å². The Bertz CT molecular complexity index is 652. The number of hydrogen-bond donors (Lipinski definition) is 1. The highest BCUT2D eigenvalue weighted by Gasteiger charge is 2.28. The van der Waals surface area contributed by atoms with Crippen LogP contribution in [-0.4, -0.2) is 32.2 Å². The number of anilines is 1. The zero-order chi connectivity index (χ0) is 16.9. The number of carbonyl (C=O) groups excluding carboxylic acids is 1. The summed E-state index contributed by atoms with van der Waals surface area (Å²) in [5.74, 6) is -3.02. The molecule has 0 unspecified atom stereocenters. The molecule has 0 saturated carbocycles. The summed E-state index contributed by atoms with van der Waals surface area (Å²) in [4.78, 5) is 9.86. The van der Waals surface area contributed by atoms with Crippen LogP contribution in [0.1, 0.15) is 19.8 Å². The first-order chi connectivity index (χ1) is 10.2. The molecule has 0 atom stereocenters. The average Bonchev–Trinajstić information content (AvgIpc) is 2.36. The summed E-state index contributed by atoms with van der Waals surface area (Å²) >= 11 is 0. The van der Waals surface area contributed by atoms with Gasteiger partial charge in [0.2, 0.25) is 15.9 Å². The minimum atomic E-state index is -4.29. The number of nitrogens with one attached hydrogen (secondary N) is 1. The van der Waals surface area contributed by atoms with Crippen LogP contribution in [0.5, 0.6) is 0 Å². The van der Waals surface area contributed by atoms with Gasteiger partial charge in [-0.25, -0.2) is 21.5 Å². The van der Waals surface area contributed by atoms with Crippen LogP contribution >= 0.6 is 0 Å². The second-order valence-electron chi connectivity index (χ2n) is 4.71. The molecule has 1 rings (SSSR count). The number of amides is 1. The van der Waals surface area contributed by atoms with Gasteiger partial charge in [-0.1, -0.05) is 6.08 Å². The lowest BCUT2D eigenvalue weighted by Crippen LogP contribution is -2.29. The van der Waals surface area contributed by atoms with Crippen LogP contribution < -0.4 is 5.32 Å². The fourth-order valence-corrected chi connectivity index (χ4v) is 3.11. The number of hydrogen-bond acceptors (Lipinski definition) is 3. The van der Waals surface area contributed by atoms with Gasteiger partial charge in [-0.2, -0.15) is 0 Å². The Kier molecular flexibility index (Phi) is 6.19. The molecule has 5 nitrogen and oxygen atoms in total. The highest BCUT2D eigenvalue weighted by atomic mass is 32.2. The third-order valence-electron chi connectivity index (χ3n) is 2.87. The van der Waals surface area contributed by atoms with E-state index in [1.165, 1.54) is 14.0 Å². The van der Waals surface area contributed by atoms with E-state index in [4.69, 9.17) is 0 Å². The van der Waals surface area contributed by atoms with Gasteiger partial charge in [0.25, 0.3) is 0 Å². The fraction of sp³-hybridized carbons (Fsp3) is 0.357. The number of sulfonamides is 1. The summed E-state index contributed by atoms with van der Waals surface area (Å²) in [5, 5.41) is 2.20. The highest BCUT2D eigenvalue weighted by molar-refractivity contribution is 7.89. The molecule has 1 aromatic carbocycles. The minimum Gasteiger partial charge on any atom is -0.326 e. The number of nitrogens with zero attached hydrogens (tertiary/aromatic N) is 1. The number of rotatable bonds is 7. The molecule has 8 heteroatoms. The van der Waals surface area contributed by atoms with Gasteiger partial charge in [0.05, 0.1) is 0 Å². The van der Waals surface area contributed by atoms with Crippen LogP contribution in [0.3, 0.4) is 0 Å². The van der Waals surface area contributed by atoms with Gasteiger partial charge >= 0.3 is 0 Å². The van der Waals surface area contributed by atoms with Crippen molar-refractivity contribution in [2.75, 3.05) is 18.9 Å². The van der Waals surface area contributed by atoms with E-state index in [0.717, 1.165) is 16.4 Å². The summed E-state index contributed by atoms with van der Waals surface area (Å²) in [7, 11) is -3.04. The van der Waals surface area contributed by atoms with Crippen LogP contribution in [-0.2, 0) is 14.8 Å². The van der Waals surface area contributed by atoms with Gasteiger partial charge < -0.3 is 5.32 Å². The predicted molar refractivity (Wildman–Crippen MR) is 79.9 cm³/mol. The summed E-state index contributed by atoms with van der Waals surface area (Å²) in [6.07, 6.45) is 2.71. The molecule has 0 aliphatic rings. The molecule has 1 N–H and O–H groups in total. The van der Waals surface area contributed by atoms with E-state index in [2.05, 4.69) is 11.9 Å². The molecular weight excluding hydrogens is 314 g/mol. The molecule has 0 bridgehead atoms. The standard InChI is InChI=1S/C14H18F2N2O3S/c1-4-5-6-7-18(3)22(20,21)14-12(15)8-11(9-13(14)16)17-10(2)19/h4,8-9H,1,5-7H2,2-3H3,(H,17,19).